The largest absolute Gasteiger partial charge is 0.507 e. The number of ether oxygens (including phenoxy) is 1. The van der Waals surface area contributed by atoms with Crippen LogP contribution in [0, 0.1) is 0 Å². The Balaban J connectivity index is 1.90. The number of anilines is 1. The van der Waals surface area contributed by atoms with Crippen molar-refractivity contribution in [3.05, 3.63) is 87.1 Å². The van der Waals surface area contributed by atoms with Gasteiger partial charge >= 0.3 is 0 Å². The number of benzene rings is 2. The van der Waals surface area contributed by atoms with Gasteiger partial charge < -0.3 is 9.84 Å². The molecule has 0 saturated carbocycles. The molecule has 1 fully saturated rings. The molecule has 30 heavy (non-hydrogen) atoms. The van der Waals surface area contributed by atoms with Gasteiger partial charge in [0.05, 0.1) is 12.2 Å². The number of carbonyl (C=O) groups excluding carboxylic acids is 2. The number of Topliss-reactive ketones (excluding diaryl/α,β-unsaturated/α-hetero) is 1. The first-order valence-electron chi connectivity index (χ1n) is 9.34. The van der Waals surface area contributed by atoms with E-state index >= 15 is 0 Å². The molecule has 1 N–H and O–H groups in total. The zero-order valence-electron chi connectivity index (χ0n) is 16.0. The second-order valence-corrected chi connectivity index (χ2v) is 8.04. The van der Waals surface area contributed by atoms with Gasteiger partial charge in [0, 0.05) is 27.2 Å². The van der Waals surface area contributed by atoms with Crippen molar-refractivity contribution >= 4 is 46.1 Å². The van der Waals surface area contributed by atoms with Crippen LogP contribution in [0.5, 0.6) is 5.75 Å². The molecule has 1 saturated heterocycles. The average Bonchev–Trinajstić information content (AvgIpc) is 3.35. The van der Waals surface area contributed by atoms with Crippen molar-refractivity contribution in [2.75, 3.05) is 11.5 Å². The van der Waals surface area contributed by atoms with Gasteiger partial charge in [0.15, 0.2) is 0 Å². The van der Waals surface area contributed by atoms with Crippen LogP contribution < -0.4 is 9.64 Å². The lowest BCUT2D eigenvalue weighted by Gasteiger charge is -2.24. The molecule has 1 aliphatic rings. The highest BCUT2D eigenvalue weighted by Gasteiger charge is 2.47. The smallest absolute Gasteiger partial charge is 0.300 e. The number of hydrogen-bond acceptors (Lipinski definition) is 5. The van der Waals surface area contributed by atoms with Gasteiger partial charge in [-0.3, -0.25) is 14.5 Å². The maximum absolute atomic E-state index is 13.1. The Morgan fingerprint density at radius 1 is 1.13 bits per heavy atom. The summed E-state index contributed by atoms with van der Waals surface area (Å²) in [6.07, 6.45) is 0. The summed E-state index contributed by atoms with van der Waals surface area (Å²) in [4.78, 5) is 28.3. The number of carbonyl (C=O) groups is 2. The number of aliphatic hydroxyl groups excluding tert-OH is 1. The van der Waals surface area contributed by atoms with Crippen molar-refractivity contribution in [3.8, 4) is 5.75 Å². The van der Waals surface area contributed by atoms with E-state index in [1.807, 2.05) is 24.4 Å². The molecule has 1 amide bonds. The Labute approximate surface area is 182 Å². The Hall–Kier alpha value is -3.09. The van der Waals surface area contributed by atoms with Crippen molar-refractivity contribution in [3.63, 3.8) is 0 Å². The number of amides is 1. The normalized spacial score (nSPS) is 18.1. The Kier molecular flexibility index (Phi) is 5.61. The monoisotopic (exact) mass is 439 g/mol. The summed E-state index contributed by atoms with van der Waals surface area (Å²) in [7, 11) is 0. The molecule has 0 bridgehead atoms. The Morgan fingerprint density at radius 3 is 2.63 bits per heavy atom. The number of nitrogens with zero attached hydrogens (tertiary/aromatic N) is 1. The highest BCUT2D eigenvalue weighted by Crippen LogP contribution is 2.44. The number of aliphatic hydroxyl groups is 1. The summed E-state index contributed by atoms with van der Waals surface area (Å²) >= 11 is 7.47. The van der Waals surface area contributed by atoms with Crippen molar-refractivity contribution < 1.29 is 19.4 Å². The van der Waals surface area contributed by atoms with Gasteiger partial charge in [0.25, 0.3) is 11.7 Å². The Bertz CT molecular complexity index is 1140. The lowest BCUT2D eigenvalue weighted by molar-refractivity contribution is -0.132. The number of thiophene rings is 1. The minimum Gasteiger partial charge on any atom is -0.507 e. The van der Waals surface area contributed by atoms with Crippen LogP contribution in [0.25, 0.3) is 5.76 Å². The second kappa shape index (κ2) is 8.34. The number of rotatable bonds is 5. The van der Waals surface area contributed by atoms with Gasteiger partial charge in [-0.15, -0.1) is 11.3 Å². The van der Waals surface area contributed by atoms with E-state index in [9.17, 15) is 14.7 Å². The van der Waals surface area contributed by atoms with E-state index in [2.05, 4.69) is 0 Å². The second-order valence-electron chi connectivity index (χ2n) is 6.63. The first kappa shape index (κ1) is 20.2. The molecule has 1 aromatic heterocycles. The zero-order chi connectivity index (χ0) is 21.3. The zero-order valence-corrected chi connectivity index (χ0v) is 17.6. The first-order chi connectivity index (χ1) is 14.5. The summed E-state index contributed by atoms with van der Waals surface area (Å²) < 4.78 is 5.55. The average molecular weight is 440 g/mol. The molecule has 0 spiro atoms. The van der Waals surface area contributed by atoms with Gasteiger partial charge in [-0.1, -0.05) is 35.9 Å². The fourth-order valence-electron chi connectivity index (χ4n) is 3.50. The van der Waals surface area contributed by atoms with E-state index < -0.39 is 17.7 Å². The number of hydrogen-bond donors (Lipinski definition) is 1. The third kappa shape index (κ3) is 3.60. The molecule has 0 radical (unpaired) electrons. The summed E-state index contributed by atoms with van der Waals surface area (Å²) in [6, 6.07) is 16.5. The van der Waals surface area contributed by atoms with Crippen molar-refractivity contribution in [2.24, 2.45) is 0 Å². The van der Waals surface area contributed by atoms with Crippen molar-refractivity contribution in [2.45, 2.75) is 13.0 Å². The SMILES string of the molecule is CCOc1cccc(N2C(=O)C(=O)/C(=C(\O)c3cccc(Cl)c3)C2c2cccs2)c1. The van der Waals surface area contributed by atoms with Crippen LogP contribution in [0.15, 0.2) is 71.6 Å². The fourth-order valence-corrected chi connectivity index (χ4v) is 4.51. The molecule has 2 heterocycles. The van der Waals surface area contributed by atoms with E-state index in [4.69, 9.17) is 16.3 Å². The minimum atomic E-state index is -0.749. The molecule has 152 valence electrons. The number of ketones is 1. The maximum atomic E-state index is 13.1. The van der Waals surface area contributed by atoms with Crippen molar-refractivity contribution in [1.82, 2.24) is 0 Å². The quantitative estimate of drug-likeness (QED) is 0.327. The summed E-state index contributed by atoms with van der Waals surface area (Å²) in [5.74, 6) is -1.10. The lowest BCUT2D eigenvalue weighted by Crippen LogP contribution is -2.29. The van der Waals surface area contributed by atoms with Crippen LogP contribution in [0.4, 0.5) is 5.69 Å². The molecule has 4 rings (SSSR count). The van der Waals surface area contributed by atoms with Crippen LogP contribution in [0.1, 0.15) is 23.4 Å². The first-order valence-corrected chi connectivity index (χ1v) is 10.6. The molecular weight excluding hydrogens is 422 g/mol. The minimum absolute atomic E-state index is 0.0338. The standard InChI is InChI=1S/C23H18ClNO4S/c1-2-29-17-9-4-8-16(13-17)25-20(18-10-5-11-30-18)19(22(27)23(25)28)21(26)14-6-3-7-15(24)12-14/h3-13,20,26H,2H2,1H3/b21-19-. The van der Waals surface area contributed by atoms with E-state index in [-0.39, 0.29) is 11.3 Å². The predicted octanol–water partition coefficient (Wildman–Crippen LogP) is 5.43. The van der Waals surface area contributed by atoms with E-state index in [1.165, 1.54) is 16.2 Å². The van der Waals surface area contributed by atoms with Gasteiger partial charge in [-0.25, -0.2) is 0 Å². The van der Waals surface area contributed by atoms with Gasteiger partial charge in [-0.05, 0) is 42.6 Å². The Morgan fingerprint density at radius 2 is 1.93 bits per heavy atom. The van der Waals surface area contributed by atoms with E-state index in [1.54, 1.807) is 48.5 Å². The topological polar surface area (TPSA) is 66.8 Å². The third-order valence-corrected chi connectivity index (χ3v) is 5.92. The fraction of sp³-hybridized carbons (Fsp3) is 0.130. The lowest BCUT2D eigenvalue weighted by atomic mass is 10.00. The van der Waals surface area contributed by atoms with E-state index in [0.717, 1.165) is 4.88 Å². The maximum Gasteiger partial charge on any atom is 0.300 e. The highest BCUT2D eigenvalue weighted by molar-refractivity contribution is 7.10. The van der Waals surface area contributed by atoms with Crippen LogP contribution in [-0.2, 0) is 9.59 Å². The van der Waals surface area contributed by atoms with Gasteiger partial charge in [-0.2, -0.15) is 0 Å². The van der Waals surface area contributed by atoms with E-state index in [0.29, 0.717) is 28.6 Å². The molecule has 7 heteroatoms. The molecular formula is C23H18ClNO4S. The molecule has 5 nitrogen and oxygen atoms in total. The molecule has 1 unspecified atom stereocenters. The summed E-state index contributed by atoms with van der Waals surface area (Å²) in [5.41, 5.74) is 0.934. The number of halogens is 1. The molecule has 0 aliphatic carbocycles. The summed E-state index contributed by atoms with van der Waals surface area (Å²) in [5, 5.41) is 13.3. The predicted molar refractivity (Wildman–Crippen MR) is 118 cm³/mol. The molecule has 1 atom stereocenters. The molecule has 3 aromatic rings. The molecule has 2 aromatic carbocycles. The molecule has 1 aliphatic heterocycles. The van der Waals surface area contributed by atoms with Gasteiger partial charge in [0.2, 0.25) is 0 Å². The van der Waals surface area contributed by atoms with Crippen LogP contribution in [0.2, 0.25) is 5.02 Å². The van der Waals surface area contributed by atoms with Crippen LogP contribution in [-0.4, -0.2) is 23.4 Å². The van der Waals surface area contributed by atoms with Crippen LogP contribution >= 0.6 is 22.9 Å². The summed E-state index contributed by atoms with van der Waals surface area (Å²) in [6.45, 7) is 2.35. The van der Waals surface area contributed by atoms with Gasteiger partial charge in [0.1, 0.15) is 17.6 Å². The third-order valence-electron chi connectivity index (χ3n) is 4.76. The highest BCUT2D eigenvalue weighted by atomic mass is 35.5. The van der Waals surface area contributed by atoms with Crippen LogP contribution in [0.3, 0.4) is 0 Å². The van der Waals surface area contributed by atoms with Crippen molar-refractivity contribution in [1.29, 1.82) is 0 Å².